The van der Waals surface area contributed by atoms with Gasteiger partial charge in [-0.15, -0.1) is 6.42 Å². The molecule has 1 amide bonds. The van der Waals surface area contributed by atoms with E-state index in [0.717, 1.165) is 0 Å². The highest BCUT2D eigenvalue weighted by molar-refractivity contribution is 14.1. The van der Waals surface area contributed by atoms with Crippen LogP contribution in [0.25, 0.3) is 0 Å². The van der Waals surface area contributed by atoms with Crippen LogP contribution in [0.5, 0.6) is 0 Å². The lowest BCUT2D eigenvalue weighted by atomic mass is 10.1. The number of ether oxygens (including phenoxy) is 1. The molecule has 0 radical (unpaired) electrons. The Labute approximate surface area is 128 Å². The first-order valence-electron chi connectivity index (χ1n) is 5.36. The van der Waals surface area contributed by atoms with Crippen LogP contribution in [0.4, 0.5) is 0 Å². The fraction of sp³-hybridized carbons (Fsp3) is 0.154. The summed E-state index contributed by atoms with van der Waals surface area (Å²) in [6.45, 7) is -0.395. The number of hydrogen-bond acceptors (Lipinski definition) is 4. The van der Waals surface area contributed by atoms with E-state index in [9.17, 15) is 14.4 Å². The van der Waals surface area contributed by atoms with Crippen molar-refractivity contribution in [3.8, 4) is 12.3 Å². The molecule has 1 aromatic rings. The minimum atomic E-state index is -1.22. The van der Waals surface area contributed by atoms with Crippen LogP contribution in [0, 0.1) is 12.3 Å². The second-order valence-electron chi connectivity index (χ2n) is 3.51. The Kier molecular flexibility index (Phi) is 5.99. The van der Waals surface area contributed by atoms with Gasteiger partial charge >= 0.3 is 11.9 Å². The highest BCUT2D eigenvalue weighted by Gasteiger charge is 2.17. The first-order chi connectivity index (χ1) is 9.45. The Balaban J connectivity index is 2.67. The second-order valence-corrected chi connectivity index (χ2v) is 4.64. The van der Waals surface area contributed by atoms with Gasteiger partial charge in [-0.1, -0.05) is 18.1 Å². The molecule has 7 heteroatoms. The largest absolute Gasteiger partial charge is 0.478 e. The summed E-state index contributed by atoms with van der Waals surface area (Å²) in [5, 5.41) is 11.2. The molecule has 1 atom stereocenters. The van der Waals surface area contributed by atoms with Gasteiger partial charge in [0.05, 0.1) is 11.1 Å². The van der Waals surface area contributed by atoms with E-state index in [4.69, 9.17) is 16.3 Å². The lowest BCUT2D eigenvalue weighted by Crippen LogP contribution is -2.32. The number of benzene rings is 1. The van der Waals surface area contributed by atoms with Crippen LogP contribution >= 0.6 is 22.6 Å². The SMILES string of the molecule is C#CC(I)OC(=O)CNC(=O)c1ccccc1C(=O)O. The van der Waals surface area contributed by atoms with Crippen molar-refractivity contribution in [2.75, 3.05) is 6.54 Å². The van der Waals surface area contributed by atoms with Crippen molar-refractivity contribution < 1.29 is 24.2 Å². The number of nitrogens with one attached hydrogen (secondary N) is 1. The normalized spacial score (nSPS) is 11.0. The zero-order chi connectivity index (χ0) is 15.1. The van der Waals surface area contributed by atoms with Gasteiger partial charge in [-0.25, -0.2) is 4.79 Å². The lowest BCUT2D eigenvalue weighted by molar-refractivity contribution is -0.141. The van der Waals surface area contributed by atoms with Crippen LogP contribution in [-0.2, 0) is 9.53 Å². The van der Waals surface area contributed by atoms with E-state index in [2.05, 4.69) is 11.2 Å². The molecule has 2 N–H and O–H groups in total. The Bertz CT molecular complexity index is 578. The van der Waals surface area contributed by atoms with Crippen LogP contribution in [0.3, 0.4) is 0 Å². The number of alkyl halides is 1. The van der Waals surface area contributed by atoms with E-state index < -0.39 is 28.5 Å². The molecule has 0 heterocycles. The van der Waals surface area contributed by atoms with Crippen LogP contribution in [-0.4, -0.2) is 33.6 Å². The third-order valence-electron chi connectivity index (χ3n) is 2.16. The Hall–Kier alpha value is -2.08. The van der Waals surface area contributed by atoms with Crippen molar-refractivity contribution in [2.45, 2.75) is 4.11 Å². The first kappa shape index (κ1) is 16.0. The van der Waals surface area contributed by atoms with E-state index in [-0.39, 0.29) is 11.1 Å². The predicted octanol–water partition coefficient (Wildman–Crippen LogP) is 1.05. The highest BCUT2D eigenvalue weighted by Crippen LogP contribution is 2.08. The van der Waals surface area contributed by atoms with Crippen molar-refractivity contribution in [3.05, 3.63) is 35.4 Å². The summed E-state index contributed by atoms with van der Waals surface area (Å²) < 4.78 is 4.02. The number of terminal acetylenes is 1. The molecule has 0 aromatic heterocycles. The maximum absolute atomic E-state index is 11.8. The average Bonchev–Trinajstić information content (AvgIpc) is 2.44. The van der Waals surface area contributed by atoms with Crippen molar-refractivity contribution in [2.24, 2.45) is 0 Å². The maximum atomic E-state index is 11.8. The molecule has 0 spiro atoms. The molecule has 1 rings (SSSR count). The quantitative estimate of drug-likeness (QED) is 0.341. The van der Waals surface area contributed by atoms with E-state index in [1.807, 2.05) is 0 Å². The molecule has 0 aliphatic rings. The molecule has 20 heavy (non-hydrogen) atoms. The summed E-state index contributed by atoms with van der Waals surface area (Å²) in [7, 11) is 0. The zero-order valence-corrected chi connectivity index (χ0v) is 12.3. The number of aromatic carboxylic acids is 1. The van der Waals surface area contributed by atoms with Crippen LogP contribution in [0.1, 0.15) is 20.7 Å². The molecular weight excluding hydrogens is 377 g/mol. The van der Waals surface area contributed by atoms with E-state index in [0.29, 0.717) is 0 Å². The van der Waals surface area contributed by atoms with Crippen molar-refractivity contribution >= 4 is 40.4 Å². The Morgan fingerprint density at radius 3 is 2.50 bits per heavy atom. The average molecular weight is 387 g/mol. The van der Waals surface area contributed by atoms with Gasteiger partial charge in [0.2, 0.25) is 4.11 Å². The van der Waals surface area contributed by atoms with Gasteiger partial charge in [0.15, 0.2) is 0 Å². The maximum Gasteiger partial charge on any atom is 0.336 e. The third kappa shape index (κ3) is 4.55. The summed E-state index contributed by atoms with van der Waals surface area (Å²) in [6.07, 6.45) is 5.03. The van der Waals surface area contributed by atoms with E-state index in [1.165, 1.54) is 24.3 Å². The molecule has 1 aromatic carbocycles. The second kappa shape index (κ2) is 7.49. The predicted molar refractivity (Wildman–Crippen MR) is 78.5 cm³/mol. The monoisotopic (exact) mass is 387 g/mol. The summed E-state index contributed by atoms with van der Waals surface area (Å²) in [5.41, 5.74) is -0.176. The van der Waals surface area contributed by atoms with Gasteiger partial charge in [0.25, 0.3) is 5.91 Å². The van der Waals surface area contributed by atoms with Crippen molar-refractivity contribution in [1.82, 2.24) is 5.32 Å². The number of hydrogen-bond donors (Lipinski definition) is 2. The van der Waals surface area contributed by atoms with Gasteiger partial charge in [-0.3, -0.25) is 9.59 Å². The summed E-state index contributed by atoms with van der Waals surface area (Å²) in [4.78, 5) is 34.1. The standard InChI is InChI=1S/C13H10INO5/c1-2-10(14)20-11(16)7-15-12(17)8-5-3-4-6-9(8)13(18)19/h1,3-6,10H,7H2,(H,15,17)(H,18,19). The molecule has 6 nitrogen and oxygen atoms in total. The van der Waals surface area contributed by atoms with Gasteiger partial charge in [-0.05, 0) is 34.7 Å². The molecule has 0 saturated carbocycles. The molecule has 104 valence electrons. The molecule has 0 aliphatic carbocycles. The first-order valence-corrected chi connectivity index (χ1v) is 6.60. The molecule has 0 bridgehead atoms. The number of carbonyl (C=O) groups excluding carboxylic acids is 2. The van der Waals surface area contributed by atoms with Crippen molar-refractivity contribution in [1.29, 1.82) is 0 Å². The number of carboxylic acid groups (broad SMARTS) is 1. The molecular formula is C13H10INO5. The number of amides is 1. The molecule has 0 fully saturated rings. The van der Waals surface area contributed by atoms with Gasteiger partial charge in [0.1, 0.15) is 6.54 Å². The fourth-order valence-electron chi connectivity index (χ4n) is 1.31. The van der Waals surface area contributed by atoms with E-state index in [1.54, 1.807) is 22.6 Å². The number of carboxylic acids is 1. The van der Waals surface area contributed by atoms with Gasteiger partial charge in [0, 0.05) is 0 Å². The number of esters is 1. The molecule has 1 unspecified atom stereocenters. The minimum Gasteiger partial charge on any atom is -0.478 e. The summed E-state index contributed by atoms with van der Waals surface area (Å²) in [5.74, 6) is -0.412. The van der Waals surface area contributed by atoms with Crippen LogP contribution in [0.15, 0.2) is 24.3 Å². The third-order valence-corrected chi connectivity index (χ3v) is 2.78. The Morgan fingerprint density at radius 2 is 1.95 bits per heavy atom. The van der Waals surface area contributed by atoms with E-state index >= 15 is 0 Å². The van der Waals surface area contributed by atoms with Crippen LogP contribution in [0.2, 0.25) is 0 Å². The molecule has 0 aliphatic heterocycles. The summed E-state index contributed by atoms with van der Waals surface area (Å²) >= 11 is 1.73. The highest BCUT2D eigenvalue weighted by atomic mass is 127. The number of rotatable bonds is 5. The number of carbonyl (C=O) groups is 3. The smallest absolute Gasteiger partial charge is 0.336 e. The summed E-state index contributed by atoms with van der Waals surface area (Å²) in [6, 6.07) is 5.68. The fourth-order valence-corrected chi connectivity index (χ4v) is 1.59. The Morgan fingerprint density at radius 1 is 1.35 bits per heavy atom. The zero-order valence-electron chi connectivity index (χ0n) is 10.1. The topological polar surface area (TPSA) is 92.7 Å². The molecule has 0 saturated heterocycles. The van der Waals surface area contributed by atoms with Crippen LogP contribution < -0.4 is 5.32 Å². The van der Waals surface area contributed by atoms with Gasteiger partial charge < -0.3 is 15.2 Å². The minimum absolute atomic E-state index is 0.0317. The van der Waals surface area contributed by atoms with Crippen molar-refractivity contribution in [3.63, 3.8) is 0 Å². The number of halogens is 1. The van der Waals surface area contributed by atoms with Gasteiger partial charge in [-0.2, -0.15) is 0 Å². The lowest BCUT2D eigenvalue weighted by Gasteiger charge is -2.08.